The van der Waals surface area contributed by atoms with E-state index in [9.17, 15) is 14.4 Å². The van der Waals surface area contributed by atoms with Crippen LogP contribution in [0.5, 0.6) is 5.75 Å². The van der Waals surface area contributed by atoms with Crippen molar-refractivity contribution < 1.29 is 19.1 Å². The van der Waals surface area contributed by atoms with Crippen molar-refractivity contribution in [1.82, 2.24) is 9.78 Å². The summed E-state index contributed by atoms with van der Waals surface area (Å²) in [7, 11) is 1.53. The first-order chi connectivity index (χ1) is 16.1. The minimum absolute atomic E-state index is 0.118. The number of methoxy groups -OCH3 is 1. The lowest BCUT2D eigenvalue weighted by Gasteiger charge is -2.14. The maximum absolute atomic E-state index is 13.7. The summed E-state index contributed by atoms with van der Waals surface area (Å²) in [6.45, 7) is 0. The van der Waals surface area contributed by atoms with E-state index in [0.29, 0.717) is 22.4 Å². The van der Waals surface area contributed by atoms with Crippen molar-refractivity contribution in [3.8, 4) is 5.75 Å². The molecule has 0 aliphatic rings. The molecule has 0 N–H and O–H groups in total. The molecule has 0 amide bonds. The first-order valence-electron chi connectivity index (χ1n) is 10.2. The van der Waals surface area contributed by atoms with Gasteiger partial charge < -0.3 is 4.74 Å². The van der Waals surface area contributed by atoms with Crippen LogP contribution in [0.15, 0.2) is 109 Å². The first-order valence-corrected chi connectivity index (χ1v) is 10.2. The lowest BCUT2D eigenvalue weighted by molar-refractivity contribution is 0.0950. The van der Waals surface area contributed by atoms with Crippen molar-refractivity contribution in [1.29, 1.82) is 0 Å². The zero-order chi connectivity index (χ0) is 23.2. The standard InChI is InChI=1S/C27H20N2O4/c1-33-22-15-13-21(14-16-22)27(32)24(29-18-8-17-28-29)23(25(30)19-9-4-2-5-10-19)26(31)20-11-6-3-7-12-20/h2-18H,1H3. The highest BCUT2D eigenvalue weighted by Crippen LogP contribution is 2.25. The van der Waals surface area contributed by atoms with Crippen LogP contribution in [-0.2, 0) is 0 Å². The Bertz CT molecular complexity index is 1250. The van der Waals surface area contributed by atoms with E-state index < -0.39 is 17.3 Å². The summed E-state index contributed by atoms with van der Waals surface area (Å²) in [5, 5.41) is 4.18. The van der Waals surface area contributed by atoms with Gasteiger partial charge in [0.1, 0.15) is 17.0 Å². The van der Waals surface area contributed by atoms with Gasteiger partial charge in [0.2, 0.25) is 5.78 Å². The van der Waals surface area contributed by atoms with Crippen LogP contribution in [0.3, 0.4) is 0 Å². The van der Waals surface area contributed by atoms with Crippen molar-refractivity contribution >= 4 is 23.0 Å². The largest absolute Gasteiger partial charge is 0.497 e. The average Bonchev–Trinajstić information content (AvgIpc) is 3.41. The van der Waals surface area contributed by atoms with Crippen LogP contribution >= 0.6 is 0 Å². The van der Waals surface area contributed by atoms with E-state index in [0.717, 1.165) is 0 Å². The van der Waals surface area contributed by atoms with Crippen molar-refractivity contribution in [2.75, 3.05) is 7.11 Å². The molecule has 0 saturated carbocycles. The van der Waals surface area contributed by atoms with Gasteiger partial charge >= 0.3 is 0 Å². The summed E-state index contributed by atoms with van der Waals surface area (Å²) in [6.07, 6.45) is 3.02. The van der Waals surface area contributed by atoms with Gasteiger partial charge in [-0.3, -0.25) is 14.4 Å². The molecule has 3 aromatic carbocycles. The van der Waals surface area contributed by atoms with Gasteiger partial charge in [-0.1, -0.05) is 60.7 Å². The summed E-state index contributed by atoms with van der Waals surface area (Å²) < 4.78 is 6.44. The summed E-state index contributed by atoms with van der Waals surface area (Å²) in [4.78, 5) is 41.0. The number of ketones is 3. The molecule has 0 fully saturated rings. The lowest BCUT2D eigenvalue weighted by atomic mass is 9.91. The van der Waals surface area contributed by atoms with Crippen molar-refractivity contribution in [2.45, 2.75) is 0 Å². The third kappa shape index (κ3) is 4.55. The highest BCUT2D eigenvalue weighted by atomic mass is 16.5. The fourth-order valence-corrected chi connectivity index (χ4v) is 3.40. The zero-order valence-electron chi connectivity index (χ0n) is 17.8. The summed E-state index contributed by atoms with van der Waals surface area (Å²) in [5.74, 6) is -1.05. The monoisotopic (exact) mass is 436 g/mol. The molecule has 6 nitrogen and oxygen atoms in total. The molecular formula is C27H20N2O4. The average molecular weight is 436 g/mol. The smallest absolute Gasteiger partial charge is 0.212 e. The third-order valence-corrected chi connectivity index (χ3v) is 5.06. The van der Waals surface area contributed by atoms with Gasteiger partial charge in [-0.2, -0.15) is 5.10 Å². The number of carbonyl (C=O) groups excluding carboxylic acids is 3. The van der Waals surface area contributed by atoms with Gasteiger partial charge in [0.15, 0.2) is 11.6 Å². The molecule has 6 heteroatoms. The molecule has 0 radical (unpaired) electrons. The Hall–Kier alpha value is -4.58. The number of aromatic nitrogens is 2. The highest BCUT2D eigenvalue weighted by molar-refractivity contribution is 6.41. The SMILES string of the molecule is COc1ccc(C(=O)C(=C(C(=O)c2ccccc2)C(=O)c2ccccc2)n2cccn2)cc1. The second-order valence-electron chi connectivity index (χ2n) is 7.12. The Morgan fingerprint density at radius 2 is 1.18 bits per heavy atom. The Labute approximate surface area is 190 Å². The van der Waals surface area contributed by atoms with Crippen molar-refractivity contribution in [3.63, 3.8) is 0 Å². The fraction of sp³-hybridized carbons (Fsp3) is 0.0370. The molecule has 0 unspecified atom stereocenters. The molecule has 0 bridgehead atoms. The number of rotatable bonds is 8. The van der Waals surface area contributed by atoms with E-state index in [1.165, 1.54) is 24.2 Å². The molecular weight excluding hydrogens is 416 g/mol. The normalized spacial score (nSPS) is 10.3. The Morgan fingerprint density at radius 1 is 0.667 bits per heavy atom. The number of carbonyl (C=O) groups is 3. The van der Waals surface area contributed by atoms with Gasteiger partial charge in [-0.25, -0.2) is 4.68 Å². The Balaban J connectivity index is 1.97. The summed E-state index contributed by atoms with van der Waals surface area (Å²) in [6, 6.07) is 24.9. The molecule has 4 rings (SSSR count). The molecule has 4 aromatic rings. The Morgan fingerprint density at radius 3 is 1.64 bits per heavy atom. The quantitative estimate of drug-likeness (QED) is 0.172. The number of nitrogens with zero attached hydrogens (tertiary/aromatic N) is 2. The number of benzene rings is 3. The van der Waals surface area contributed by atoms with E-state index >= 15 is 0 Å². The van der Waals surface area contributed by atoms with E-state index in [1.807, 2.05) is 0 Å². The first kappa shape index (κ1) is 21.6. The molecule has 0 saturated heterocycles. The maximum atomic E-state index is 13.7. The third-order valence-electron chi connectivity index (χ3n) is 5.06. The molecule has 0 aliphatic heterocycles. The fourth-order valence-electron chi connectivity index (χ4n) is 3.40. The minimum atomic E-state index is -0.559. The number of Topliss-reactive ketones (excluding diaryl/α,β-unsaturated/α-hetero) is 3. The summed E-state index contributed by atoms with van der Waals surface area (Å²) in [5.41, 5.74) is 0.512. The van der Waals surface area contributed by atoms with E-state index in [4.69, 9.17) is 4.74 Å². The zero-order valence-corrected chi connectivity index (χ0v) is 17.8. The minimum Gasteiger partial charge on any atom is -0.497 e. The van der Waals surface area contributed by atoms with Crippen LogP contribution in [0.2, 0.25) is 0 Å². The number of hydrogen-bond donors (Lipinski definition) is 0. The van der Waals surface area contributed by atoms with Crippen molar-refractivity contribution in [3.05, 3.63) is 126 Å². The number of allylic oxidation sites excluding steroid dienone is 2. The van der Waals surface area contributed by atoms with Gasteiger partial charge in [0.05, 0.1) is 7.11 Å². The van der Waals surface area contributed by atoms with Crippen LogP contribution in [0.1, 0.15) is 31.1 Å². The summed E-state index contributed by atoms with van der Waals surface area (Å²) >= 11 is 0. The molecule has 162 valence electrons. The van der Waals surface area contributed by atoms with Crippen LogP contribution in [0.25, 0.3) is 5.70 Å². The van der Waals surface area contributed by atoms with Crippen LogP contribution in [0, 0.1) is 0 Å². The van der Waals surface area contributed by atoms with Crippen molar-refractivity contribution in [2.24, 2.45) is 0 Å². The number of ether oxygens (including phenoxy) is 1. The predicted octanol–water partition coefficient (Wildman–Crippen LogP) is 4.75. The topological polar surface area (TPSA) is 78.3 Å². The van der Waals surface area contributed by atoms with Gasteiger partial charge in [0, 0.05) is 29.1 Å². The van der Waals surface area contributed by atoms with Gasteiger partial charge in [-0.15, -0.1) is 0 Å². The van der Waals surface area contributed by atoms with Crippen LogP contribution in [0.4, 0.5) is 0 Å². The van der Waals surface area contributed by atoms with E-state index in [1.54, 1.807) is 91.0 Å². The van der Waals surface area contributed by atoms with Crippen LogP contribution < -0.4 is 4.74 Å². The van der Waals surface area contributed by atoms with Gasteiger partial charge in [0.25, 0.3) is 0 Å². The molecule has 0 atom stereocenters. The van der Waals surface area contributed by atoms with Crippen LogP contribution in [-0.4, -0.2) is 34.2 Å². The second-order valence-corrected chi connectivity index (χ2v) is 7.12. The van der Waals surface area contributed by atoms with E-state index in [2.05, 4.69) is 5.10 Å². The molecule has 33 heavy (non-hydrogen) atoms. The molecule has 0 aliphatic carbocycles. The van der Waals surface area contributed by atoms with E-state index in [-0.39, 0.29) is 11.3 Å². The number of hydrogen-bond acceptors (Lipinski definition) is 5. The second kappa shape index (κ2) is 9.70. The molecule has 1 heterocycles. The molecule has 0 spiro atoms. The highest BCUT2D eigenvalue weighted by Gasteiger charge is 2.31. The maximum Gasteiger partial charge on any atom is 0.212 e. The predicted molar refractivity (Wildman–Crippen MR) is 124 cm³/mol. The lowest BCUT2D eigenvalue weighted by Crippen LogP contribution is -2.23. The molecule has 1 aromatic heterocycles. The van der Waals surface area contributed by atoms with Gasteiger partial charge in [-0.05, 0) is 30.3 Å². The Kier molecular flexibility index (Phi) is 6.36.